The molecule has 5 aliphatic heterocycles. The molecule has 4 amide bonds. The van der Waals surface area contributed by atoms with E-state index >= 15 is 0 Å². The molecule has 8 heterocycles. The Bertz CT molecular complexity index is 3930. The van der Waals surface area contributed by atoms with Crippen LogP contribution in [0, 0.1) is 20.8 Å². The Hall–Kier alpha value is -10.4. The SMILES string of the molecule is C=CC1=C(C)/C(=C/C2=NC(=C\c3[nH]c(/C=C4\NC(=O)C(C)=C4C=C)c(C)c3CCC(=O)O)/C(CCC(=O)O)=C2C)NC1=O.C=CC1=C(C)/C(=C/c2[nH]c(Cc3[nH]c(/C=C4\NC(=O)C(C)=C4C=C)c(C)c3CCC(=O)O)c(CCC(=O)O)c2C)NC1=O. The van der Waals surface area contributed by atoms with E-state index in [2.05, 4.69) is 62.5 Å². The van der Waals surface area contributed by atoms with Crippen molar-refractivity contribution in [3.8, 4) is 0 Å². The van der Waals surface area contributed by atoms with Gasteiger partial charge >= 0.3 is 23.9 Å². The van der Waals surface area contributed by atoms with Crippen LogP contribution in [0.3, 0.4) is 0 Å². The molecular formula is C66H70N8O12. The van der Waals surface area contributed by atoms with E-state index in [0.717, 1.165) is 78.4 Å². The Labute approximate surface area is 497 Å². The smallest absolute Gasteiger partial charge is 0.303 e. The summed E-state index contributed by atoms with van der Waals surface area (Å²) in [6.07, 6.45) is 16.3. The summed E-state index contributed by atoms with van der Waals surface area (Å²) in [4.78, 5) is 110. The molecule has 0 fully saturated rings. The van der Waals surface area contributed by atoms with Gasteiger partial charge in [0.05, 0.1) is 22.8 Å². The number of amides is 4. The molecule has 0 radical (unpaired) electrons. The van der Waals surface area contributed by atoms with Crippen LogP contribution in [-0.4, -0.2) is 88.6 Å². The summed E-state index contributed by atoms with van der Waals surface area (Å²) in [6.45, 7) is 29.7. The highest BCUT2D eigenvalue weighted by atomic mass is 16.4. The number of carboxylic acids is 4. The number of nitrogens with zero attached hydrogens (tertiary/aromatic N) is 1. The number of aliphatic carboxylic acids is 4. The summed E-state index contributed by atoms with van der Waals surface area (Å²) in [5.74, 6) is -4.64. The van der Waals surface area contributed by atoms with E-state index in [0.29, 0.717) is 85.4 Å². The third kappa shape index (κ3) is 13.5. The second-order valence-corrected chi connectivity index (χ2v) is 21.2. The minimum Gasteiger partial charge on any atom is -0.481 e. The molecule has 0 saturated carbocycles. The molecule has 11 N–H and O–H groups in total. The van der Waals surface area contributed by atoms with Crippen molar-refractivity contribution in [3.63, 3.8) is 0 Å². The largest absolute Gasteiger partial charge is 0.481 e. The first-order chi connectivity index (χ1) is 40.7. The molecular weight excluding hydrogens is 1100 g/mol. The Kier molecular flexibility index (Phi) is 19.5. The number of aromatic nitrogens is 3. The minimum atomic E-state index is -0.948. The summed E-state index contributed by atoms with van der Waals surface area (Å²) in [7, 11) is 0. The number of nitrogens with one attached hydrogen (secondary N) is 7. The van der Waals surface area contributed by atoms with Crippen LogP contribution in [0.4, 0.5) is 0 Å². The summed E-state index contributed by atoms with van der Waals surface area (Å²) in [5, 5.41) is 49.1. The summed E-state index contributed by atoms with van der Waals surface area (Å²) in [5.41, 5.74) is 19.3. The minimum absolute atomic E-state index is 0.0688. The molecule has 446 valence electrons. The highest BCUT2D eigenvalue weighted by Gasteiger charge is 2.29. The average molecular weight is 1170 g/mol. The zero-order chi connectivity index (χ0) is 63.2. The maximum Gasteiger partial charge on any atom is 0.303 e. The molecule has 20 nitrogen and oxygen atoms in total. The van der Waals surface area contributed by atoms with Crippen LogP contribution in [0.25, 0.3) is 24.3 Å². The lowest BCUT2D eigenvalue weighted by Gasteiger charge is -2.07. The van der Waals surface area contributed by atoms with Crippen LogP contribution in [0.2, 0.25) is 0 Å². The molecule has 20 heteroatoms. The van der Waals surface area contributed by atoms with Crippen molar-refractivity contribution in [2.75, 3.05) is 0 Å². The highest BCUT2D eigenvalue weighted by molar-refractivity contribution is 6.14. The summed E-state index contributed by atoms with van der Waals surface area (Å²) < 4.78 is 0. The van der Waals surface area contributed by atoms with Crippen molar-refractivity contribution in [1.82, 2.24) is 36.2 Å². The maximum absolute atomic E-state index is 12.3. The first-order valence-corrected chi connectivity index (χ1v) is 27.7. The van der Waals surface area contributed by atoms with E-state index in [9.17, 15) is 58.8 Å². The number of carbonyl (C=O) groups excluding carboxylic acids is 4. The van der Waals surface area contributed by atoms with Crippen LogP contribution < -0.4 is 21.3 Å². The Morgan fingerprint density at radius 3 is 1.17 bits per heavy atom. The van der Waals surface area contributed by atoms with E-state index in [1.165, 1.54) is 12.2 Å². The van der Waals surface area contributed by atoms with Gasteiger partial charge in [-0.25, -0.2) is 4.99 Å². The van der Waals surface area contributed by atoms with Gasteiger partial charge in [0.25, 0.3) is 23.6 Å². The van der Waals surface area contributed by atoms with Gasteiger partial charge in [-0.15, -0.1) is 0 Å². The fourth-order valence-corrected chi connectivity index (χ4v) is 10.9. The molecule has 86 heavy (non-hydrogen) atoms. The van der Waals surface area contributed by atoms with E-state index in [-0.39, 0.29) is 75.0 Å². The summed E-state index contributed by atoms with van der Waals surface area (Å²) >= 11 is 0. The topological polar surface area (TPSA) is 325 Å². The summed E-state index contributed by atoms with van der Waals surface area (Å²) in [6, 6.07) is 0. The van der Waals surface area contributed by atoms with Crippen LogP contribution in [0.1, 0.15) is 134 Å². The van der Waals surface area contributed by atoms with Gasteiger partial charge in [0.15, 0.2) is 0 Å². The second-order valence-electron chi connectivity index (χ2n) is 21.2. The lowest BCUT2D eigenvalue weighted by atomic mass is 9.98. The number of carbonyl (C=O) groups is 8. The third-order valence-corrected chi connectivity index (χ3v) is 16.0. The second kappa shape index (κ2) is 26.5. The molecule has 0 unspecified atom stereocenters. The number of aromatic amines is 3. The van der Waals surface area contributed by atoms with Gasteiger partial charge in [0.2, 0.25) is 0 Å². The van der Waals surface area contributed by atoms with Crippen LogP contribution in [0.15, 0.2) is 146 Å². The lowest BCUT2D eigenvalue weighted by molar-refractivity contribution is -0.138. The fourth-order valence-electron chi connectivity index (χ4n) is 10.9. The number of H-pyrrole nitrogens is 3. The number of aliphatic imine (C=N–C) groups is 1. The van der Waals surface area contributed by atoms with Crippen LogP contribution >= 0.6 is 0 Å². The molecule has 0 spiro atoms. The van der Waals surface area contributed by atoms with Crippen molar-refractivity contribution in [1.29, 1.82) is 0 Å². The Morgan fingerprint density at radius 2 is 0.767 bits per heavy atom. The zero-order valence-corrected chi connectivity index (χ0v) is 49.4. The monoisotopic (exact) mass is 1170 g/mol. The fraction of sp³-hybridized carbons (Fsp3) is 0.258. The van der Waals surface area contributed by atoms with E-state index < -0.39 is 23.9 Å². The van der Waals surface area contributed by atoms with Gasteiger partial charge in [-0.05, 0) is 167 Å². The van der Waals surface area contributed by atoms with Crippen molar-refractivity contribution < 1.29 is 58.8 Å². The van der Waals surface area contributed by atoms with Crippen LogP contribution in [0.5, 0.6) is 0 Å². The normalized spacial score (nSPS) is 18.2. The maximum atomic E-state index is 12.3. The van der Waals surface area contributed by atoms with Crippen molar-refractivity contribution >= 4 is 77.5 Å². The highest BCUT2D eigenvalue weighted by Crippen LogP contribution is 2.36. The van der Waals surface area contributed by atoms with Gasteiger partial charge < -0.3 is 56.6 Å². The van der Waals surface area contributed by atoms with E-state index in [4.69, 9.17) is 4.99 Å². The third-order valence-electron chi connectivity index (χ3n) is 16.0. The van der Waals surface area contributed by atoms with Gasteiger partial charge in [-0.1, -0.05) is 50.6 Å². The number of carboxylic acid groups (broad SMARTS) is 4. The Morgan fingerprint density at radius 1 is 0.407 bits per heavy atom. The number of hydrogen-bond donors (Lipinski definition) is 11. The molecule has 0 bridgehead atoms. The van der Waals surface area contributed by atoms with Gasteiger partial charge in [0.1, 0.15) is 0 Å². The molecule has 0 aromatic carbocycles. The zero-order valence-electron chi connectivity index (χ0n) is 49.4. The number of hydrogen-bond acceptors (Lipinski definition) is 9. The van der Waals surface area contributed by atoms with Crippen molar-refractivity contribution in [3.05, 3.63) is 208 Å². The van der Waals surface area contributed by atoms with Gasteiger partial charge in [0, 0.05) is 111 Å². The molecule has 0 saturated heterocycles. The Balaban J connectivity index is 0.000000246. The number of allylic oxidation sites excluding steroid dienone is 7. The van der Waals surface area contributed by atoms with E-state index in [1.54, 1.807) is 44.2 Å². The number of rotatable bonds is 23. The first kappa shape index (κ1) is 63.2. The molecule has 5 aliphatic rings. The molecule has 3 aromatic heterocycles. The van der Waals surface area contributed by atoms with Crippen molar-refractivity contribution in [2.24, 2.45) is 4.99 Å². The standard InChI is InChI=1S/C33H36N4O6.C33H34N4O6/c2*1-7-20-19(6)32(42)37-27(20)14-25-18(5)23(10-12-31(40)41)29(35-25)15-28-22(9-11-30(38)39)17(4)24(34-28)13-26-16(3)21(8-2)33(43)36-26/h7-8,13-14,34-35H,1-2,9-12,15H2,3-6H3,(H,36,43)(H,37,42)(H,38,39)(H,40,41);7-8,13-15,35H,1-2,9-12H2,3-6H3,(H,36,43)(H,37,42)(H,38,39)(H,40,41)/b26-13-,27-14-;26-13-,27-14-,28-15-. The van der Waals surface area contributed by atoms with Crippen molar-refractivity contribution in [2.45, 2.75) is 113 Å². The quantitative estimate of drug-likeness (QED) is 0.0423. The molecule has 3 aromatic rings. The predicted molar refractivity (Wildman–Crippen MR) is 328 cm³/mol. The average Bonchev–Trinajstić information content (AvgIpc) is 2.80. The van der Waals surface area contributed by atoms with E-state index in [1.807, 2.05) is 53.7 Å². The van der Waals surface area contributed by atoms with Gasteiger partial charge in [-0.3, -0.25) is 38.4 Å². The molecule has 0 aliphatic carbocycles. The lowest BCUT2D eigenvalue weighted by Crippen LogP contribution is -2.16. The molecule has 8 rings (SSSR count). The predicted octanol–water partition coefficient (Wildman–Crippen LogP) is 9.34. The van der Waals surface area contributed by atoms with Gasteiger partial charge in [-0.2, -0.15) is 0 Å². The first-order valence-electron chi connectivity index (χ1n) is 27.7. The van der Waals surface area contributed by atoms with Crippen LogP contribution in [-0.2, 0) is 64.0 Å². The molecule has 0 atom stereocenters.